The van der Waals surface area contributed by atoms with Crippen molar-refractivity contribution in [2.75, 3.05) is 26.8 Å². The molecule has 0 aromatic heterocycles. The minimum Gasteiger partial charge on any atom is -0.497 e. The van der Waals surface area contributed by atoms with Crippen molar-refractivity contribution in [2.45, 2.75) is 104 Å². The SMILES string of the molecule is COc1ccc(COCC(NC(=O)OC(C)(C)C)C(O)C(=O)NCC(C)(C)CNC(=O)CC(Cc2cc(F)ccc2F)NC(=O)OC(C)(C)C)cc1. The largest absolute Gasteiger partial charge is 0.497 e. The molecule has 290 valence electrons. The molecular formula is C37H54F2N4O9. The summed E-state index contributed by atoms with van der Waals surface area (Å²) in [5.41, 5.74) is -1.64. The Morgan fingerprint density at radius 2 is 1.38 bits per heavy atom. The van der Waals surface area contributed by atoms with Crippen LogP contribution in [0.25, 0.3) is 0 Å². The molecule has 0 aliphatic carbocycles. The number of ether oxygens (including phenoxy) is 4. The van der Waals surface area contributed by atoms with Crippen LogP contribution in [0.5, 0.6) is 5.75 Å². The van der Waals surface area contributed by atoms with Crippen molar-refractivity contribution in [3.8, 4) is 5.75 Å². The van der Waals surface area contributed by atoms with E-state index in [0.29, 0.717) is 5.75 Å². The van der Waals surface area contributed by atoms with Gasteiger partial charge in [-0.2, -0.15) is 0 Å². The zero-order chi connectivity index (χ0) is 39.3. The summed E-state index contributed by atoms with van der Waals surface area (Å²) in [5, 5.41) is 21.4. The molecule has 0 aliphatic heterocycles. The van der Waals surface area contributed by atoms with Crippen LogP contribution in [-0.2, 0) is 36.8 Å². The lowest BCUT2D eigenvalue weighted by atomic mass is 9.93. The second-order valence-corrected chi connectivity index (χ2v) is 15.2. The van der Waals surface area contributed by atoms with Gasteiger partial charge >= 0.3 is 12.2 Å². The van der Waals surface area contributed by atoms with Gasteiger partial charge in [-0.05, 0) is 94.8 Å². The van der Waals surface area contributed by atoms with Crippen LogP contribution in [-0.4, -0.2) is 85.3 Å². The van der Waals surface area contributed by atoms with Crippen molar-refractivity contribution in [2.24, 2.45) is 5.41 Å². The minimum atomic E-state index is -1.73. The number of halogens is 2. The number of hydrogen-bond donors (Lipinski definition) is 5. The number of alkyl carbamates (subject to hydrolysis) is 2. The molecule has 3 unspecified atom stereocenters. The molecule has 0 radical (unpaired) electrons. The van der Waals surface area contributed by atoms with Gasteiger partial charge in [0.2, 0.25) is 5.91 Å². The van der Waals surface area contributed by atoms with Crippen molar-refractivity contribution >= 4 is 24.0 Å². The van der Waals surface area contributed by atoms with Crippen LogP contribution in [0.3, 0.4) is 0 Å². The van der Waals surface area contributed by atoms with Crippen molar-refractivity contribution in [1.29, 1.82) is 0 Å². The number of aliphatic hydroxyl groups excluding tert-OH is 1. The maximum atomic E-state index is 14.4. The average molecular weight is 737 g/mol. The van der Waals surface area contributed by atoms with Crippen LogP contribution in [0, 0.1) is 17.0 Å². The maximum Gasteiger partial charge on any atom is 0.408 e. The molecule has 0 spiro atoms. The summed E-state index contributed by atoms with van der Waals surface area (Å²) in [5.74, 6) is -2.00. The Labute approximate surface area is 304 Å². The zero-order valence-corrected chi connectivity index (χ0v) is 31.5. The third-order valence-corrected chi connectivity index (χ3v) is 7.21. The highest BCUT2D eigenvalue weighted by molar-refractivity contribution is 5.82. The lowest BCUT2D eigenvalue weighted by Crippen LogP contribution is -2.55. The second-order valence-electron chi connectivity index (χ2n) is 15.2. The number of methoxy groups -OCH3 is 1. The predicted molar refractivity (Wildman–Crippen MR) is 189 cm³/mol. The summed E-state index contributed by atoms with van der Waals surface area (Å²) >= 11 is 0. The molecule has 2 rings (SSSR count). The van der Waals surface area contributed by atoms with Gasteiger partial charge in [0, 0.05) is 25.6 Å². The summed E-state index contributed by atoms with van der Waals surface area (Å²) in [6.45, 7) is 13.5. The van der Waals surface area contributed by atoms with Gasteiger partial charge in [-0.25, -0.2) is 18.4 Å². The third kappa shape index (κ3) is 17.1. The number of amides is 4. The van der Waals surface area contributed by atoms with Gasteiger partial charge in [0.05, 0.1) is 26.4 Å². The van der Waals surface area contributed by atoms with Crippen molar-refractivity contribution in [3.05, 3.63) is 65.2 Å². The highest BCUT2D eigenvalue weighted by atomic mass is 19.1. The number of aliphatic hydroxyl groups is 1. The van der Waals surface area contributed by atoms with E-state index in [1.165, 1.54) is 0 Å². The Kier molecular flexibility index (Phi) is 16.3. The van der Waals surface area contributed by atoms with E-state index in [1.54, 1.807) is 86.8 Å². The van der Waals surface area contributed by atoms with E-state index in [9.17, 15) is 33.1 Å². The van der Waals surface area contributed by atoms with Gasteiger partial charge in [0.1, 0.15) is 28.6 Å². The first-order valence-electron chi connectivity index (χ1n) is 16.9. The molecule has 15 heteroatoms. The lowest BCUT2D eigenvalue weighted by Gasteiger charge is -2.29. The van der Waals surface area contributed by atoms with Gasteiger partial charge in [-0.1, -0.05) is 26.0 Å². The van der Waals surface area contributed by atoms with Crippen molar-refractivity contribution < 1.29 is 52.0 Å². The minimum absolute atomic E-state index is 0.00310. The third-order valence-electron chi connectivity index (χ3n) is 7.21. The number of rotatable bonds is 17. The molecular weight excluding hydrogens is 682 g/mol. The first-order chi connectivity index (χ1) is 24.1. The van der Waals surface area contributed by atoms with Crippen LogP contribution >= 0.6 is 0 Å². The van der Waals surface area contributed by atoms with Crippen molar-refractivity contribution in [3.63, 3.8) is 0 Å². The van der Waals surface area contributed by atoms with Crippen molar-refractivity contribution in [1.82, 2.24) is 21.3 Å². The number of carbonyl (C=O) groups excluding carboxylic acids is 4. The molecule has 52 heavy (non-hydrogen) atoms. The average Bonchev–Trinajstić information content (AvgIpc) is 3.02. The fraction of sp³-hybridized carbons (Fsp3) is 0.568. The molecule has 0 bridgehead atoms. The van der Waals surface area contributed by atoms with Crippen LogP contribution in [0.2, 0.25) is 0 Å². The maximum absolute atomic E-state index is 14.4. The van der Waals surface area contributed by atoms with Gasteiger partial charge in [0.15, 0.2) is 6.10 Å². The quantitative estimate of drug-likeness (QED) is 0.156. The molecule has 5 N–H and O–H groups in total. The fourth-order valence-corrected chi connectivity index (χ4v) is 4.62. The van der Waals surface area contributed by atoms with Crippen LogP contribution in [0.15, 0.2) is 42.5 Å². The first-order valence-corrected chi connectivity index (χ1v) is 16.9. The number of hydrogen-bond acceptors (Lipinski definition) is 9. The lowest BCUT2D eigenvalue weighted by molar-refractivity contribution is -0.132. The Bertz CT molecular complexity index is 1490. The second kappa shape index (κ2) is 19.4. The summed E-state index contributed by atoms with van der Waals surface area (Å²) in [6.07, 6.45) is -3.87. The molecule has 0 saturated heterocycles. The summed E-state index contributed by atoms with van der Waals surface area (Å²) < 4.78 is 49.7. The van der Waals surface area contributed by atoms with Crippen LogP contribution < -0.4 is 26.0 Å². The Morgan fingerprint density at radius 3 is 1.96 bits per heavy atom. The predicted octanol–water partition coefficient (Wildman–Crippen LogP) is 4.53. The standard InChI is InChI=1S/C37H54F2N4O9/c1-35(2,3)51-33(47)42-26(17-24-16-25(38)12-15-28(24)39)18-30(44)40-21-37(7,8)22-41-32(46)31(45)29(43-34(48)52-36(4,5)6)20-50-19-23-10-13-27(49-9)14-11-23/h10-16,26,29,31,45H,17-22H2,1-9H3,(H,40,44)(H,41,46)(H,42,47)(H,43,48). The van der Waals surface area contributed by atoms with E-state index < -0.39 is 70.4 Å². The topological polar surface area (TPSA) is 174 Å². The zero-order valence-electron chi connectivity index (χ0n) is 31.5. The van der Waals surface area contributed by atoms with E-state index in [1.807, 2.05) is 0 Å². The highest BCUT2D eigenvalue weighted by Gasteiger charge is 2.31. The summed E-state index contributed by atoms with van der Waals surface area (Å²) in [6, 6.07) is 7.93. The number of carbonyl (C=O) groups is 4. The molecule has 0 heterocycles. The Hall–Kier alpha value is -4.50. The fourth-order valence-electron chi connectivity index (χ4n) is 4.62. The van der Waals surface area contributed by atoms with Gasteiger partial charge in [-0.3, -0.25) is 9.59 Å². The molecule has 4 amide bonds. The molecule has 0 aliphatic rings. The molecule has 0 fully saturated rings. The number of benzene rings is 2. The van der Waals surface area contributed by atoms with E-state index in [0.717, 1.165) is 23.8 Å². The summed E-state index contributed by atoms with van der Waals surface area (Å²) in [7, 11) is 1.55. The Morgan fingerprint density at radius 1 is 0.808 bits per heavy atom. The molecule has 2 aromatic carbocycles. The molecule has 0 saturated carbocycles. The number of nitrogens with one attached hydrogen (secondary N) is 4. The smallest absolute Gasteiger partial charge is 0.408 e. The normalized spacial score (nSPS) is 13.6. The summed E-state index contributed by atoms with van der Waals surface area (Å²) in [4.78, 5) is 51.1. The van der Waals surface area contributed by atoms with E-state index in [2.05, 4.69) is 21.3 Å². The molecule has 2 aromatic rings. The highest BCUT2D eigenvalue weighted by Crippen LogP contribution is 2.17. The monoisotopic (exact) mass is 736 g/mol. The van der Waals surface area contributed by atoms with Gasteiger partial charge < -0.3 is 45.3 Å². The van der Waals surface area contributed by atoms with E-state index in [-0.39, 0.29) is 44.7 Å². The van der Waals surface area contributed by atoms with Crippen LogP contribution in [0.1, 0.15) is 72.9 Å². The van der Waals surface area contributed by atoms with Gasteiger partial charge in [0.25, 0.3) is 5.91 Å². The Balaban J connectivity index is 2.01. The molecule has 13 nitrogen and oxygen atoms in total. The first kappa shape index (κ1) is 43.7. The van der Waals surface area contributed by atoms with Crippen LogP contribution in [0.4, 0.5) is 18.4 Å². The van der Waals surface area contributed by atoms with E-state index in [4.69, 9.17) is 18.9 Å². The van der Waals surface area contributed by atoms with E-state index >= 15 is 0 Å². The molecule has 3 atom stereocenters. The van der Waals surface area contributed by atoms with Gasteiger partial charge in [-0.15, -0.1) is 0 Å².